The summed E-state index contributed by atoms with van der Waals surface area (Å²) in [5.74, 6) is 1.74. The molecule has 90 valence electrons. The van der Waals surface area contributed by atoms with E-state index in [1.165, 1.54) is 18.4 Å². The molecule has 0 amide bonds. The van der Waals surface area contributed by atoms with Crippen molar-refractivity contribution in [2.24, 2.45) is 11.8 Å². The molecule has 1 N–H and O–H groups in total. The lowest BCUT2D eigenvalue weighted by atomic mass is 9.92. The van der Waals surface area contributed by atoms with Crippen LogP contribution in [0.25, 0.3) is 0 Å². The van der Waals surface area contributed by atoms with E-state index in [0.29, 0.717) is 6.04 Å². The van der Waals surface area contributed by atoms with Crippen molar-refractivity contribution >= 4 is 0 Å². The first-order valence-corrected chi connectivity index (χ1v) is 6.43. The van der Waals surface area contributed by atoms with E-state index in [2.05, 4.69) is 37.5 Å². The maximum Gasteiger partial charge on any atom is 0.0522 e. The molecule has 2 rings (SSSR count). The van der Waals surface area contributed by atoms with E-state index >= 15 is 0 Å². The Bertz CT molecular complexity index is 328. The number of aromatic nitrogens is 2. The van der Waals surface area contributed by atoms with Crippen LogP contribution in [0.5, 0.6) is 0 Å². The molecule has 1 saturated carbocycles. The number of nitrogens with one attached hydrogen (secondary N) is 1. The number of hydrogen-bond donors (Lipinski definition) is 1. The number of aryl methyl sites for hydroxylation is 1. The fraction of sp³-hybridized carbons (Fsp3) is 0.769. The smallest absolute Gasteiger partial charge is 0.0522 e. The van der Waals surface area contributed by atoms with E-state index < -0.39 is 0 Å². The number of likely N-dealkylation sites (N-methyl/N-ethyl adjacent to an activating group) is 1. The molecule has 3 heteroatoms. The molecule has 0 saturated heterocycles. The van der Waals surface area contributed by atoms with Gasteiger partial charge in [-0.05, 0) is 50.6 Å². The van der Waals surface area contributed by atoms with Gasteiger partial charge in [0, 0.05) is 18.8 Å². The van der Waals surface area contributed by atoms with Crippen LogP contribution in [0.2, 0.25) is 0 Å². The molecule has 1 heterocycles. The van der Waals surface area contributed by atoms with E-state index in [4.69, 9.17) is 0 Å². The first-order chi connectivity index (χ1) is 7.74. The number of rotatable bonds is 6. The summed E-state index contributed by atoms with van der Waals surface area (Å²) in [6.07, 6.45) is 8.13. The first-order valence-electron chi connectivity index (χ1n) is 6.43. The second-order valence-corrected chi connectivity index (χ2v) is 5.00. The van der Waals surface area contributed by atoms with Crippen LogP contribution in [-0.2, 0) is 13.0 Å². The van der Waals surface area contributed by atoms with Crippen molar-refractivity contribution in [3.63, 3.8) is 0 Å². The van der Waals surface area contributed by atoms with Crippen molar-refractivity contribution in [2.75, 3.05) is 7.05 Å². The van der Waals surface area contributed by atoms with Crippen molar-refractivity contribution in [2.45, 2.75) is 45.7 Å². The highest BCUT2D eigenvalue weighted by Gasteiger charge is 2.32. The van der Waals surface area contributed by atoms with Gasteiger partial charge in [0.15, 0.2) is 0 Å². The van der Waals surface area contributed by atoms with E-state index in [9.17, 15) is 0 Å². The van der Waals surface area contributed by atoms with Crippen molar-refractivity contribution in [1.82, 2.24) is 15.1 Å². The maximum absolute atomic E-state index is 4.33. The zero-order valence-electron chi connectivity index (χ0n) is 10.6. The van der Waals surface area contributed by atoms with Gasteiger partial charge in [-0.2, -0.15) is 5.10 Å². The Morgan fingerprint density at radius 3 is 2.81 bits per heavy atom. The average molecular weight is 221 g/mol. The zero-order valence-corrected chi connectivity index (χ0v) is 10.6. The molecule has 0 aromatic carbocycles. The van der Waals surface area contributed by atoms with Crippen molar-refractivity contribution < 1.29 is 0 Å². The minimum atomic E-state index is 0.599. The van der Waals surface area contributed by atoms with Crippen LogP contribution in [0.1, 0.15) is 32.3 Å². The van der Waals surface area contributed by atoms with Gasteiger partial charge in [0.2, 0.25) is 0 Å². The van der Waals surface area contributed by atoms with E-state index in [-0.39, 0.29) is 0 Å². The quantitative estimate of drug-likeness (QED) is 0.797. The highest BCUT2D eigenvalue weighted by atomic mass is 15.3. The van der Waals surface area contributed by atoms with Crippen molar-refractivity contribution in [3.05, 3.63) is 18.0 Å². The molecular weight excluding hydrogens is 198 g/mol. The predicted molar refractivity (Wildman–Crippen MR) is 66.3 cm³/mol. The van der Waals surface area contributed by atoms with Crippen LogP contribution in [0.15, 0.2) is 12.4 Å². The monoisotopic (exact) mass is 221 g/mol. The van der Waals surface area contributed by atoms with Crippen LogP contribution in [0.4, 0.5) is 0 Å². The summed E-state index contributed by atoms with van der Waals surface area (Å²) in [5, 5.41) is 7.79. The Hall–Kier alpha value is -0.830. The van der Waals surface area contributed by atoms with E-state index in [1.807, 2.05) is 10.9 Å². The molecule has 1 aliphatic carbocycles. The molecule has 1 fully saturated rings. The highest BCUT2D eigenvalue weighted by Crippen LogP contribution is 2.38. The topological polar surface area (TPSA) is 29.9 Å². The summed E-state index contributed by atoms with van der Waals surface area (Å²) < 4.78 is 2.00. The summed E-state index contributed by atoms with van der Waals surface area (Å²) in [7, 11) is 2.08. The van der Waals surface area contributed by atoms with Crippen LogP contribution in [-0.4, -0.2) is 22.9 Å². The second kappa shape index (κ2) is 5.00. The van der Waals surface area contributed by atoms with Gasteiger partial charge in [-0.3, -0.25) is 4.68 Å². The first kappa shape index (κ1) is 11.6. The zero-order chi connectivity index (χ0) is 11.5. The predicted octanol–water partition coefficient (Wildman–Crippen LogP) is 2.08. The summed E-state index contributed by atoms with van der Waals surface area (Å²) in [6.45, 7) is 5.46. The Labute approximate surface area is 98.2 Å². The van der Waals surface area contributed by atoms with Gasteiger partial charge in [0.25, 0.3) is 0 Å². The molecule has 2 atom stereocenters. The molecule has 0 spiro atoms. The van der Waals surface area contributed by atoms with Gasteiger partial charge in [-0.25, -0.2) is 0 Å². The Morgan fingerprint density at radius 1 is 1.56 bits per heavy atom. The maximum atomic E-state index is 4.33. The molecule has 1 aromatic rings. The van der Waals surface area contributed by atoms with Gasteiger partial charge in [0.1, 0.15) is 0 Å². The standard InChI is InChI=1S/C13H23N3/c1-4-16-9-11(8-15-16)7-13(14-3)10(2)12-5-6-12/h8-10,12-14H,4-7H2,1-3H3. The summed E-state index contributed by atoms with van der Waals surface area (Å²) >= 11 is 0. The van der Waals surface area contributed by atoms with Gasteiger partial charge in [-0.1, -0.05) is 6.92 Å². The summed E-state index contributed by atoms with van der Waals surface area (Å²) in [6, 6.07) is 0.599. The molecule has 2 unspecified atom stereocenters. The van der Waals surface area contributed by atoms with Crippen LogP contribution < -0.4 is 5.32 Å². The van der Waals surface area contributed by atoms with Gasteiger partial charge < -0.3 is 5.32 Å². The molecule has 1 aliphatic rings. The lowest BCUT2D eigenvalue weighted by Gasteiger charge is -2.22. The molecule has 3 nitrogen and oxygen atoms in total. The lowest BCUT2D eigenvalue weighted by molar-refractivity contribution is 0.357. The van der Waals surface area contributed by atoms with Gasteiger partial charge >= 0.3 is 0 Å². The number of nitrogens with zero attached hydrogens (tertiary/aromatic N) is 2. The van der Waals surface area contributed by atoms with E-state index in [0.717, 1.165) is 24.8 Å². The minimum Gasteiger partial charge on any atom is -0.316 e. The van der Waals surface area contributed by atoms with Crippen LogP contribution in [0, 0.1) is 11.8 Å². The fourth-order valence-electron chi connectivity index (χ4n) is 2.44. The number of hydrogen-bond acceptors (Lipinski definition) is 2. The average Bonchev–Trinajstić information content (AvgIpc) is 3.05. The Morgan fingerprint density at radius 2 is 2.31 bits per heavy atom. The normalized spacial score (nSPS) is 19.7. The van der Waals surface area contributed by atoms with E-state index in [1.54, 1.807) is 0 Å². The third-order valence-electron chi connectivity index (χ3n) is 3.84. The SMILES string of the molecule is CCn1cc(CC(NC)C(C)C2CC2)cn1. The van der Waals surface area contributed by atoms with Crippen molar-refractivity contribution in [3.8, 4) is 0 Å². The second-order valence-electron chi connectivity index (χ2n) is 5.00. The third-order valence-corrected chi connectivity index (χ3v) is 3.84. The van der Waals surface area contributed by atoms with Crippen LogP contribution >= 0.6 is 0 Å². The van der Waals surface area contributed by atoms with Gasteiger partial charge in [0.05, 0.1) is 6.20 Å². The largest absolute Gasteiger partial charge is 0.316 e. The molecule has 0 aliphatic heterocycles. The fourth-order valence-corrected chi connectivity index (χ4v) is 2.44. The third kappa shape index (κ3) is 2.64. The Kier molecular flexibility index (Phi) is 3.64. The molecule has 0 bridgehead atoms. The van der Waals surface area contributed by atoms with Gasteiger partial charge in [-0.15, -0.1) is 0 Å². The van der Waals surface area contributed by atoms with Crippen LogP contribution in [0.3, 0.4) is 0 Å². The summed E-state index contributed by atoms with van der Waals surface area (Å²) in [4.78, 5) is 0. The highest BCUT2D eigenvalue weighted by molar-refractivity contribution is 5.07. The molecule has 16 heavy (non-hydrogen) atoms. The lowest BCUT2D eigenvalue weighted by Crippen LogP contribution is -2.35. The Balaban J connectivity index is 1.94. The summed E-state index contributed by atoms with van der Waals surface area (Å²) in [5.41, 5.74) is 1.36. The minimum absolute atomic E-state index is 0.599. The molecule has 1 aromatic heterocycles. The molecule has 0 radical (unpaired) electrons. The molecular formula is C13H23N3. The van der Waals surface area contributed by atoms with Crippen molar-refractivity contribution in [1.29, 1.82) is 0 Å².